The van der Waals surface area contributed by atoms with Crippen molar-refractivity contribution in [2.24, 2.45) is 5.92 Å². The fourth-order valence-electron chi connectivity index (χ4n) is 2.14. The molecule has 0 bridgehead atoms. The van der Waals surface area contributed by atoms with E-state index in [0.29, 0.717) is 0 Å². The Hall–Kier alpha value is -1.51. The lowest BCUT2D eigenvalue weighted by molar-refractivity contribution is 0.576. The lowest BCUT2D eigenvalue weighted by Crippen LogP contribution is -2.01. The molecule has 1 heterocycles. The minimum absolute atomic E-state index is 0.840. The third kappa shape index (κ3) is 1.39. The molecule has 2 aromatic rings. The van der Waals surface area contributed by atoms with Crippen LogP contribution in [0.4, 0.5) is 5.69 Å². The predicted molar refractivity (Wildman–Crippen MR) is 61.6 cm³/mol. The molecular formula is C12H15N3. The molecule has 0 amide bonds. The Morgan fingerprint density at radius 1 is 1.47 bits per heavy atom. The number of hydrogen-bond donors (Lipinski definition) is 1. The molecule has 2 N–H and O–H groups in total. The molecule has 0 spiro atoms. The number of hydrogen-bond acceptors (Lipinski definition) is 2. The highest BCUT2D eigenvalue weighted by Gasteiger charge is 2.23. The van der Waals surface area contributed by atoms with Crippen LogP contribution in [0.25, 0.3) is 10.9 Å². The minimum Gasteiger partial charge on any atom is -0.398 e. The normalized spacial score (nSPS) is 16.1. The van der Waals surface area contributed by atoms with Crippen molar-refractivity contribution in [3.8, 4) is 0 Å². The van der Waals surface area contributed by atoms with Crippen LogP contribution in [-0.2, 0) is 6.54 Å². The Labute approximate surface area is 88.9 Å². The summed E-state index contributed by atoms with van der Waals surface area (Å²) in [7, 11) is 0. The maximum Gasteiger partial charge on any atom is 0.0706 e. The fourth-order valence-corrected chi connectivity index (χ4v) is 2.14. The highest BCUT2D eigenvalue weighted by Crippen LogP contribution is 2.32. The summed E-state index contributed by atoms with van der Waals surface area (Å²) in [5.74, 6) is 0.842. The van der Waals surface area contributed by atoms with Crippen molar-refractivity contribution in [2.45, 2.75) is 26.3 Å². The first kappa shape index (κ1) is 8.77. The largest absolute Gasteiger partial charge is 0.398 e. The number of nitrogens with two attached hydrogens (primary N) is 1. The van der Waals surface area contributed by atoms with Crippen LogP contribution < -0.4 is 5.73 Å². The third-order valence-electron chi connectivity index (χ3n) is 3.11. The van der Waals surface area contributed by atoms with E-state index in [2.05, 4.69) is 15.8 Å². The molecule has 1 saturated carbocycles. The standard InChI is InChI=1S/C12H15N3/c1-8-12-10(13)3-2-4-11(12)15(14-8)7-9-5-6-9/h2-4,9H,5-7,13H2,1H3. The zero-order valence-corrected chi connectivity index (χ0v) is 8.90. The van der Waals surface area contributed by atoms with E-state index < -0.39 is 0 Å². The van der Waals surface area contributed by atoms with Gasteiger partial charge in [0.05, 0.1) is 11.2 Å². The third-order valence-corrected chi connectivity index (χ3v) is 3.11. The Bertz CT molecular complexity index is 509. The van der Waals surface area contributed by atoms with Gasteiger partial charge in [-0.1, -0.05) is 6.07 Å². The van der Waals surface area contributed by atoms with Gasteiger partial charge in [-0.05, 0) is 37.8 Å². The van der Waals surface area contributed by atoms with Crippen molar-refractivity contribution in [3.63, 3.8) is 0 Å². The Kier molecular flexibility index (Phi) is 1.75. The molecule has 0 atom stereocenters. The summed E-state index contributed by atoms with van der Waals surface area (Å²) < 4.78 is 2.11. The summed E-state index contributed by atoms with van der Waals surface area (Å²) in [6.07, 6.45) is 2.70. The summed E-state index contributed by atoms with van der Waals surface area (Å²) in [5.41, 5.74) is 9.03. The Morgan fingerprint density at radius 3 is 3.00 bits per heavy atom. The molecule has 1 aliphatic rings. The van der Waals surface area contributed by atoms with Gasteiger partial charge in [-0.25, -0.2) is 0 Å². The molecule has 78 valence electrons. The number of rotatable bonds is 2. The molecule has 3 heteroatoms. The summed E-state index contributed by atoms with van der Waals surface area (Å²) in [6.45, 7) is 3.08. The maximum absolute atomic E-state index is 5.96. The number of fused-ring (bicyclic) bond motifs is 1. The summed E-state index contributed by atoms with van der Waals surface area (Å²) in [5, 5.41) is 5.69. The van der Waals surface area contributed by atoms with Gasteiger partial charge in [0.2, 0.25) is 0 Å². The molecule has 0 unspecified atom stereocenters. The Morgan fingerprint density at radius 2 is 2.27 bits per heavy atom. The molecule has 15 heavy (non-hydrogen) atoms. The van der Waals surface area contributed by atoms with Gasteiger partial charge >= 0.3 is 0 Å². The second-order valence-electron chi connectivity index (χ2n) is 4.45. The first-order valence-corrected chi connectivity index (χ1v) is 5.47. The zero-order chi connectivity index (χ0) is 10.4. The molecule has 1 fully saturated rings. The lowest BCUT2D eigenvalue weighted by Gasteiger charge is -2.01. The molecule has 0 saturated heterocycles. The molecule has 1 aliphatic carbocycles. The first-order valence-electron chi connectivity index (χ1n) is 5.47. The van der Waals surface area contributed by atoms with Gasteiger partial charge in [0, 0.05) is 17.6 Å². The average molecular weight is 201 g/mol. The molecule has 0 radical (unpaired) electrons. The number of anilines is 1. The van der Waals surface area contributed by atoms with Gasteiger partial charge in [0.25, 0.3) is 0 Å². The smallest absolute Gasteiger partial charge is 0.0706 e. The van der Waals surface area contributed by atoms with E-state index in [1.165, 1.54) is 18.4 Å². The van der Waals surface area contributed by atoms with Gasteiger partial charge in [0.1, 0.15) is 0 Å². The van der Waals surface area contributed by atoms with Crippen LogP contribution in [0.3, 0.4) is 0 Å². The average Bonchev–Trinajstić information content (AvgIpc) is 2.94. The number of aryl methyl sites for hydroxylation is 1. The van der Waals surface area contributed by atoms with Crippen LogP contribution in [0.15, 0.2) is 18.2 Å². The van der Waals surface area contributed by atoms with Crippen molar-refractivity contribution >= 4 is 16.6 Å². The Balaban J connectivity index is 2.17. The van der Waals surface area contributed by atoms with Gasteiger partial charge in [-0.15, -0.1) is 0 Å². The van der Waals surface area contributed by atoms with E-state index in [1.807, 2.05) is 19.1 Å². The molecule has 1 aromatic heterocycles. The minimum atomic E-state index is 0.840. The number of nitrogens with zero attached hydrogens (tertiary/aromatic N) is 2. The number of benzene rings is 1. The van der Waals surface area contributed by atoms with Crippen LogP contribution in [0.5, 0.6) is 0 Å². The second kappa shape index (κ2) is 2.99. The highest BCUT2D eigenvalue weighted by molar-refractivity contribution is 5.92. The topological polar surface area (TPSA) is 43.8 Å². The monoisotopic (exact) mass is 201 g/mol. The molecule has 3 rings (SSSR count). The summed E-state index contributed by atoms with van der Waals surface area (Å²) >= 11 is 0. The van der Waals surface area contributed by atoms with E-state index in [1.54, 1.807) is 0 Å². The second-order valence-corrected chi connectivity index (χ2v) is 4.45. The quantitative estimate of drug-likeness (QED) is 0.758. The molecule has 0 aliphatic heterocycles. The van der Waals surface area contributed by atoms with Crippen LogP contribution in [0, 0.1) is 12.8 Å². The molecular weight excluding hydrogens is 186 g/mol. The van der Waals surface area contributed by atoms with Crippen LogP contribution in [0.1, 0.15) is 18.5 Å². The molecule has 1 aromatic carbocycles. The fraction of sp³-hybridized carbons (Fsp3) is 0.417. The number of aromatic nitrogens is 2. The lowest BCUT2D eigenvalue weighted by atomic mass is 10.2. The van der Waals surface area contributed by atoms with Crippen molar-refractivity contribution < 1.29 is 0 Å². The van der Waals surface area contributed by atoms with Gasteiger partial charge in [-0.3, -0.25) is 4.68 Å². The predicted octanol–water partition coefficient (Wildman–Crippen LogP) is 2.34. The van der Waals surface area contributed by atoms with Crippen molar-refractivity contribution in [1.82, 2.24) is 9.78 Å². The van der Waals surface area contributed by atoms with Gasteiger partial charge in [-0.2, -0.15) is 5.10 Å². The van der Waals surface area contributed by atoms with Gasteiger partial charge < -0.3 is 5.73 Å². The maximum atomic E-state index is 5.96. The van der Waals surface area contributed by atoms with E-state index in [-0.39, 0.29) is 0 Å². The first-order chi connectivity index (χ1) is 7.25. The van der Waals surface area contributed by atoms with Crippen molar-refractivity contribution in [2.75, 3.05) is 5.73 Å². The van der Waals surface area contributed by atoms with Crippen LogP contribution in [0.2, 0.25) is 0 Å². The van der Waals surface area contributed by atoms with Gasteiger partial charge in [0.15, 0.2) is 0 Å². The molecule has 3 nitrogen and oxygen atoms in total. The van der Waals surface area contributed by atoms with E-state index >= 15 is 0 Å². The van der Waals surface area contributed by atoms with E-state index in [0.717, 1.165) is 29.2 Å². The van der Waals surface area contributed by atoms with E-state index in [4.69, 9.17) is 5.73 Å². The van der Waals surface area contributed by atoms with Crippen molar-refractivity contribution in [3.05, 3.63) is 23.9 Å². The van der Waals surface area contributed by atoms with E-state index in [9.17, 15) is 0 Å². The van der Waals surface area contributed by atoms with Crippen LogP contribution in [-0.4, -0.2) is 9.78 Å². The number of nitrogen functional groups attached to an aromatic ring is 1. The van der Waals surface area contributed by atoms with Crippen LogP contribution >= 0.6 is 0 Å². The SMILES string of the molecule is Cc1nn(CC2CC2)c2cccc(N)c12. The summed E-state index contributed by atoms with van der Waals surface area (Å²) in [4.78, 5) is 0. The summed E-state index contributed by atoms with van der Waals surface area (Å²) in [6, 6.07) is 6.05. The zero-order valence-electron chi connectivity index (χ0n) is 8.90. The van der Waals surface area contributed by atoms with Crippen molar-refractivity contribution in [1.29, 1.82) is 0 Å². The highest BCUT2D eigenvalue weighted by atomic mass is 15.3.